The molecule has 2 nitrogen and oxygen atoms in total. The van der Waals surface area contributed by atoms with Crippen LogP contribution < -0.4 is 5.32 Å². The van der Waals surface area contributed by atoms with Crippen LogP contribution in [-0.2, 0) is 11.3 Å². The highest BCUT2D eigenvalue weighted by atomic mass is 35.5. The zero-order valence-corrected chi connectivity index (χ0v) is 14.3. The summed E-state index contributed by atoms with van der Waals surface area (Å²) in [6, 6.07) is 19.3. The van der Waals surface area contributed by atoms with Crippen molar-refractivity contribution < 1.29 is 4.79 Å². The number of carbonyl (C=O) groups is 1. The second kappa shape index (κ2) is 7.52. The first-order valence-electron chi connectivity index (χ1n) is 7.51. The van der Waals surface area contributed by atoms with Gasteiger partial charge in [0.15, 0.2) is 0 Å². The zero-order chi connectivity index (χ0) is 16.9. The summed E-state index contributed by atoms with van der Waals surface area (Å²) in [5, 5.41) is 6.28. The van der Waals surface area contributed by atoms with E-state index in [1.165, 1.54) is 6.08 Å². The molecule has 3 aromatic carbocycles. The molecule has 3 rings (SSSR count). The predicted molar refractivity (Wildman–Crippen MR) is 101 cm³/mol. The van der Waals surface area contributed by atoms with E-state index in [0.29, 0.717) is 16.6 Å². The van der Waals surface area contributed by atoms with Crippen LogP contribution >= 0.6 is 23.2 Å². The Balaban J connectivity index is 1.68. The summed E-state index contributed by atoms with van der Waals surface area (Å²) < 4.78 is 0. The van der Waals surface area contributed by atoms with Crippen molar-refractivity contribution in [2.24, 2.45) is 0 Å². The number of rotatable bonds is 4. The monoisotopic (exact) mass is 355 g/mol. The van der Waals surface area contributed by atoms with E-state index in [9.17, 15) is 4.79 Å². The maximum Gasteiger partial charge on any atom is 0.244 e. The summed E-state index contributed by atoms with van der Waals surface area (Å²) >= 11 is 11.9. The lowest BCUT2D eigenvalue weighted by Gasteiger charge is -2.07. The van der Waals surface area contributed by atoms with Gasteiger partial charge in [-0.2, -0.15) is 0 Å². The lowest BCUT2D eigenvalue weighted by Crippen LogP contribution is -2.20. The summed E-state index contributed by atoms with van der Waals surface area (Å²) in [4.78, 5) is 12.0. The molecular formula is C20H15Cl2NO. The van der Waals surface area contributed by atoms with Crippen molar-refractivity contribution in [1.82, 2.24) is 5.32 Å². The Morgan fingerprint density at radius 1 is 1.00 bits per heavy atom. The van der Waals surface area contributed by atoms with Crippen molar-refractivity contribution in [3.63, 3.8) is 0 Å². The summed E-state index contributed by atoms with van der Waals surface area (Å²) in [5.41, 5.74) is 1.83. The standard InChI is InChI=1S/C20H15Cl2NO/c21-17-10-8-15(19(22)12-17)9-11-20(24)23-13-16-6-3-5-14-4-1-2-7-18(14)16/h1-12H,13H2,(H,23,24)/b11-9+. The van der Waals surface area contributed by atoms with Gasteiger partial charge < -0.3 is 5.32 Å². The fraction of sp³-hybridized carbons (Fsp3) is 0.0500. The van der Waals surface area contributed by atoms with Crippen LogP contribution in [0.1, 0.15) is 11.1 Å². The highest BCUT2D eigenvalue weighted by Gasteiger charge is 2.03. The van der Waals surface area contributed by atoms with E-state index in [4.69, 9.17) is 23.2 Å². The van der Waals surface area contributed by atoms with E-state index >= 15 is 0 Å². The number of hydrogen-bond donors (Lipinski definition) is 1. The van der Waals surface area contributed by atoms with Crippen LogP contribution in [0.25, 0.3) is 16.8 Å². The average molecular weight is 356 g/mol. The molecule has 1 amide bonds. The molecule has 0 saturated carbocycles. The number of fused-ring (bicyclic) bond motifs is 1. The summed E-state index contributed by atoms with van der Waals surface area (Å²) in [6.45, 7) is 0.471. The molecule has 0 aliphatic heterocycles. The van der Waals surface area contributed by atoms with Gasteiger partial charge in [0.25, 0.3) is 0 Å². The van der Waals surface area contributed by atoms with Crippen molar-refractivity contribution in [3.05, 3.63) is 87.9 Å². The smallest absolute Gasteiger partial charge is 0.244 e. The molecule has 0 spiro atoms. The second-order valence-corrected chi connectivity index (χ2v) is 6.20. The number of nitrogens with one attached hydrogen (secondary N) is 1. The van der Waals surface area contributed by atoms with Gasteiger partial charge in [0.1, 0.15) is 0 Å². The van der Waals surface area contributed by atoms with Gasteiger partial charge in [-0.1, -0.05) is 71.7 Å². The molecule has 0 heterocycles. The number of hydrogen-bond acceptors (Lipinski definition) is 1. The first kappa shape index (κ1) is 16.6. The lowest BCUT2D eigenvalue weighted by molar-refractivity contribution is -0.116. The third-order valence-electron chi connectivity index (χ3n) is 3.71. The van der Waals surface area contributed by atoms with Crippen molar-refractivity contribution >= 4 is 46.0 Å². The van der Waals surface area contributed by atoms with Crippen LogP contribution in [0.3, 0.4) is 0 Å². The molecule has 1 N–H and O–H groups in total. The van der Waals surface area contributed by atoms with Gasteiger partial charge >= 0.3 is 0 Å². The van der Waals surface area contributed by atoms with E-state index in [0.717, 1.165) is 21.9 Å². The lowest BCUT2D eigenvalue weighted by atomic mass is 10.0. The van der Waals surface area contributed by atoms with Gasteiger partial charge in [0, 0.05) is 22.7 Å². The third-order valence-corrected chi connectivity index (χ3v) is 4.27. The van der Waals surface area contributed by atoms with Crippen molar-refractivity contribution in [1.29, 1.82) is 0 Å². The van der Waals surface area contributed by atoms with Crippen molar-refractivity contribution in [2.45, 2.75) is 6.54 Å². The van der Waals surface area contributed by atoms with Gasteiger partial charge in [-0.25, -0.2) is 0 Å². The van der Waals surface area contributed by atoms with Crippen LogP contribution in [0, 0.1) is 0 Å². The minimum absolute atomic E-state index is 0.172. The van der Waals surface area contributed by atoms with Crippen LogP contribution in [-0.4, -0.2) is 5.91 Å². The highest BCUT2D eigenvalue weighted by Crippen LogP contribution is 2.22. The van der Waals surface area contributed by atoms with Crippen molar-refractivity contribution in [3.8, 4) is 0 Å². The summed E-state index contributed by atoms with van der Waals surface area (Å²) in [6.07, 6.45) is 3.15. The molecule has 24 heavy (non-hydrogen) atoms. The maximum atomic E-state index is 12.0. The van der Waals surface area contributed by atoms with Gasteiger partial charge in [-0.3, -0.25) is 4.79 Å². The molecule has 0 saturated heterocycles. The number of carbonyl (C=O) groups excluding carboxylic acids is 1. The Morgan fingerprint density at radius 2 is 1.79 bits per heavy atom. The number of benzene rings is 3. The normalized spacial score (nSPS) is 11.1. The molecule has 4 heteroatoms. The van der Waals surface area contributed by atoms with Gasteiger partial charge in [-0.15, -0.1) is 0 Å². The number of halogens is 2. The first-order valence-corrected chi connectivity index (χ1v) is 8.27. The van der Waals surface area contributed by atoms with Crippen LogP contribution in [0.5, 0.6) is 0 Å². The number of amides is 1. The summed E-state index contributed by atoms with van der Waals surface area (Å²) in [7, 11) is 0. The molecule has 120 valence electrons. The Hall–Kier alpha value is -2.29. The minimum Gasteiger partial charge on any atom is -0.348 e. The second-order valence-electron chi connectivity index (χ2n) is 5.36. The fourth-order valence-electron chi connectivity index (χ4n) is 2.49. The molecule has 0 bridgehead atoms. The fourth-order valence-corrected chi connectivity index (χ4v) is 2.96. The van der Waals surface area contributed by atoms with Crippen LogP contribution in [0.4, 0.5) is 0 Å². The van der Waals surface area contributed by atoms with E-state index in [-0.39, 0.29) is 5.91 Å². The Labute approximate surface area is 150 Å². The Bertz CT molecular complexity index is 913. The SMILES string of the molecule is O=C(/C=C/c1ccc(Cl)cc1Cl)NCc1cccc2ccccc12. The molecule has 0 aliphatic carbocycles. The molecule has 0 fully saturated rings. The average Bonchev–Trinajstić information content (AvgIpc) is 2.59. The highest BCUT2D eigenvalue weighted by molar-refractivity contribution is 6.35. The Kier molecular flexibility index (Phi) is 5.19. The molecule has 0 unspecified atom stereocenters. The largest absolute Gasteiger partial charge is 0.348 e. The van der Waals surface area contributed by atoms with E-state index < -0.39 is 0 Å². The predicted octanol–water partition coefficient (Wildman–Crippen LogP) is 5.48. The van der Waals surface area contributed by atoms with E-state index in [2.05, 4.69) is 23.5 Å². The van der Waals surface area contributed by atoms with Gasteiger partial charge in [0.05, 0.1) is 0 Å². The molecule has 3 aromatic rings. The Morgan fingerprint density at radius 3 is 2.62 bits per heavy atom. The first-order chi connectivity index (χ1) is 11.6. The molecular weight excluding hydrogens is 341 g/mol. The molecule has 0 radical (unpaired) electrons. The van der Waals surface area contributed by atoms with Crippen LogP contribution in [0.15, 0.2) is 66.7 Å². The molecule has 0 aromatic heterocycles. The zero-order valence-electron chi connectivity index (χ0n) is 12.8. The topological polar surface area (TPSA) is 29.1 Å². The van der Waals surface area contributed by atoms with Crippen LogP contribution in [0.2, 0.25) is 10.0 Å². The van der Waals surface area contributed by atoms with Crippen molar-refractivity contribution in [2.75, 3.05) is 0 Å². The minimum atomic E-state index is -0.172. The third kappa shape index (κ3) is 3.97. The quantitative estimate of drug-likeness (QED) is 0.617. The van der Waals surface area contributed by atoms with E-state index in [1.807, 2.05) is 24.3 Å². The molecule has 0 atom stereocenters. The van der Waals surface area contributed by atoms with E-state index in [1.54, 1.807) is 24.3 Å². The van der Waals surface area contributed by atoms with Gasteiger partial charge in [0.2, 0.25) is 5.91 Å². The summed E-state index contributed by atoms with van der Waals surface area (Å²) in [5.74, 6) is -0.172. The molecule has 0 aliphatic rings. The van der Waals surface area contributed by atoms with Gasteiger partial charge in [-0.05, 0) is 40.1 Å². The maximum absolute atomic E-state index is 12.0.